The van der Waals surface area contributed by atoms with Gasteiger partial charge in [0, 0.05) is 13.1 Å². The third-order valence-corrected chi connectivity index (χ3v) is 4.45. The zero-order valence-electron chi connectivity index (χ0n) is 12.3. The fraction of sp³-hybridized carbons (Fsp3) is 0.933. The smallest absolute Gasteiger partial charge is 0.236 e. The van der Waals surface area contributed by atoms with Crippen LogP contribution in [0.4, 0.5) is 0 Å². The minimum absolute atomic E-state index is 0.0930. The zero-order chi connectivity index (χ0) is 13.7. The lowest BCUT2D eigenvalue weighted by Gasteiger charge is -2.24. The van der Waals surface area contributed by atoms with Crippen molar-refractivity contribution in [3.05, 3.63) is 0 Å². The molecule has 1 aliphatic carbocycles. The molecule has 0 aromatic carbocycles. The first-order valence-corrected chi connectivity index (χ1v) is 7.84. The largest absolute Gasteiger partial charge is 0.370 e. The maximum absolute atomic E-state index is 11.7. The molecule has 1 saturated carbocycles. The van der Waals surface area contributed by atoms with Gasteiger partial charge in [0.15, 0.2) is 0 Å². The molecule has 2 aliphatic rings. The number of amides is 1. The van der Waals surface area contributed by atoms with E-state index in [0.717, 1.165) is 25.9 Å². The second-order valence-corrected chi connectivity index (χ2v) is 6.09. The zero-order valence-corrected chi connectivity index (χ0v) is 12.3. The lowest BCUT2D eigenvalue weighted by Crippen LogP contribution is -2.45. The molecular weight excluding hydrogens is 240 g/mol. The molecule has 4 heteroatoms. The Balaban J connectivity index is 1.67. The van der Waals surface area contributed by atoms with Crippen molar-refractivity contribution in [2.24, 2.45) is 0 Å². The first-order valence-electron chi connectivity index (χ1n) is 7.84. The molecule has 2 rings (SSSR count). The van der Waals surface area contributed by atoms with Gasteiger partial charge in [0.2, 0.25) is 5.91 Å². The molecule has 2 atom stereocenters. The number of nitrogens with one attached hydrogen (secondary N) is 2. The summed E-state index contributed by atoms with van der Waals surface area (Å²) >= 11 is 0. The molecule has 2 fully saturated rings. The molecule has 0 aromatic rings. The summed E-state index contributed by atoms with van der Waals surface area (Å²) in [4.78, 5) is 11.7. The molecule has 2 N–H and O–H groups in total. The van der Waals surface area contributed by atoms with Crippen molar-refractivity contribution < 1.29 is 9.53 Å². The molecule has 0 radical (unpaired) electrons. The van der Waals surface area contributed by atoms with Gasteiger partial charge in [-0.1, -0.05) is 19.8 Å². The maximum atomic E-state index is 11.7. The molecule has 1 heterocycles. The van der Waals surface area contributed by atoms with Gasteiger partial charge in [0.25, 0.3) is 0 Å². The highest BCUT2D eigenvalue weighted by atomic mass is 16.5. The van der Waals surface area contributed by atoms with E-state index in [1.165, 1.54) is 32.1 Å². The van der Waals surface area contributed by atoms with Gasteiger partial charge >= 0.3 is 0 Å². The maximum Gasteiger partial charge on any atom is 0.236 e. The second kappa shape index (κ2) is 6.71. The molecule has 2 unspecified atom stereocenters. The van der Waals surface area contributed by atoms with E-state index < -0.39 is 0 Å². The number of carbonyl (C=O) groups excluding carboxylic acids is 1. The monoisotopic (exact) mass is 268 g/mol. The molecule has 1 spiro atoms. The van der Waals surface area contributed by atoms with Gasteiger partial charge in [-0.3, -0.25) is 4.79 Å². The van der Waals surface area contributed by atoms with Crippen LogP contribution in [0.2, 0.25) is 0 Å². The van der Waals surface area contributed by atoms with Crippen LogP contribution in [0.1, 0.15) is 58.8 Å². The normalized spacial score (nSPS) is 26.7. The van der Waals surface area contributed by atoms with Crippen molar-refractivity contribution in [3.8, 4) is 0 Å². The van der Waals surface area contributed by atoms with Gasteiger partial charge < -0.3 is 15.4 Å². The highest BCUT2D eigenvalue weighted by Crippen LogP contribution is 2.43. The van der Waals surface area contributed by atoms with Crippen LogP contribution in [0.15, 0.2) is 0 Å². The van der Waals surface area contributed by atoms with E-state index in [0.29, 0.717) is 6.10 Å². The Hall–Kier alpha value is -0.610. The van der Waals surface area contributed by atoms with Crippen LogP contribution in [0.3, 0.4) is 0 Å². The third kappa shape index (κ3) is 3.93. The third-order valence-electron chi connectivity index (χ3n) is 4.45. The Morgan fingerprint density at radius 2 is 2.11 bits per heavy atom. The van der Waals surface area contributed by atoms with Crippen molar-refractivity contribution in [2.45, 2.75) is 76.5 Å². The molecule has 110 valence electrons. The lowest BCUT2D eigenvalue weighted by atomic mass is 9.98. The summed E-state index contributed by atoms with van der Waals surface area (Å²) in [7, 11) is 0. The molecule has 19 heavy (non-hydrogen) atoms. The first kappa shape index (κ1) is 14.8. The van der Waals surface area contributed by atoms with Crippen LogP contribution in [0, 0.1) is 0 Å². The number of ether oxygens (including phenoxy) is 1. The quantitative estimate of drug-likeness (QED) is 0.774. The summed E-state index contributed by atoms with van der Waals surface area (Å²) in [6.45, 7) is 5.54. The fourth-order valence-corrected chi connectivity index (χ4v) is 3.23. The Labute approximate surface area is 116 Å². The standard InChI is InChI=1S/C15H28N2O2/c1-3-10-16-14(18)12(2)17-11-13-6-9-15(19-13)7-4-5-8-15/h12-13,17H,3-11H2,1-2H3,(H,16,18). The predicted octanol–water partition coefficient (Wildman–Crippen LogP) is 1.98. The van der Waals surface area contributed by atoms with Crippen molar-refractivity contribution in [1.82, 2.24) is 10.6 Å². The summed E-state index contributed by atoms with van der Waals surface area (Å²) < 4.78 is 6.23. The minimum Gasteiger partial charge on any atom is -0.370 e. The molecule has 4 nitrogen and oxygen atoms in total. The molecule has 0 aromatic heterocycles. The van der Waals surface area contributed by atoms with Gasteiger partial charge in [0.05, 0.1) is 17.7 Å². The highest BCUT2D eigenvalue weighted by Gasteiger charge is 2.41. The van der Waals surface area contributed by atoms with Crippen LogP contribution in [0.5, 0.6) is 0 Å². The molecule has 1 aliphatic heterocycles. The number of rotatable bonds is 6. The summed E-state index contributed by atoms with van der Waals surface area (Å²) in [6.07, 6.45) is 8.70. The van der Waals surface area contributed by atoms with Crippen molar-refractivity contribution >= 4 is 5.91 Å². The fourth-order valence-electron chi connectivity index (χ4n) is 3.23. The molecular formula is C15H28N2O2. The van der Waals surface area contributed by atoms with E-state index in [-0.39, 0.29) is 17.6 Å². The SMILES string of the molecule is CCCNC(=O)C(C)NCC1CCC2(CCCC2)O1. The van der Waals surface area contributed by atoms with Crippen molar-refractivity contribution in [3.63, 3.8) is 0 Å². The van der Waals surface area contributed by atoms with Gasteiger partial charge in [-0.2, -0.15) is 0 Å². The van der Waals surface area contributed by atoms with Crippen LogP contribution in [-0.4, -0.2) is 36.7 Å². The van der Waals surface area contributed by atoms with Crippen molar-refractivity contribution in [2.75, 3.05) is 13.1 Å². The van der Waals surface area contributed by atoms with Gasteiger partial charge in [-0.05, 0) is 39.0 Å². The average molecular weight is 268 g/mol. The van der Waals surface area contributed by atoms with Crippen molar-refractivity contribution in [1.29, 1.82) is 0 Å². The summed E-state index contributed by atoms with van der Waals surface area (Å²) in [5.41, 5.74) is 0.194. The van der Waals surface area contributed by atoms with E-state index in [4.69, 9.17) is 4.74 Å². The average Bonchev–Trinajstić information content (AvgIpc) is 3.04. The number of hydrogen-bond donors (Lipinski definition) is 2. The van der Waals surface area contributed by atoms with E-state index in [9.17, 15) is 4.79 Å². The topological polar surface area (TPSA) is 50.4 Å². The van der Waals surface area contributed by atoms with Gasteiger partial charge in [-0.15, -0.1) is 0 Å². The van der Waals surface area contributed by atoms with Crippen LogP contribution >= 0.6 is 0 Å². The number of carbonyl (C=O) groups is 1. The summed E-state index contributed by atoms with van der Waals surface area (Å²) in [5.74, 6) is 0.0930. The summed E-state index contributed by atoms with van der Waals surface area (Å²) in [5, 5.41) is 6.22. The lowest BCUT2D eigenvalue weighted by molar-refractivity contribution is -0.122. The van der Waals surface area contributed by atoms with E-state index >= 15 is 0 Å². The Kier molecular flexibility index (Phi) is 5.22. The Bertz CT molecular complexity index is 301. The minimum atomic E-state index is -0.129. The Morgan fingerprint density at radius 1 is 1.37 bits per heavy atom. The molecule has 0 bridgehead atoms. The first-order chi connectivity index (χ1) is 9.15. The molecule has 1 saturated heterocycles. The Morgan fingerprint density at radius 3 is 2.79 bits per heavy atom. The summed E-state index contributed by atoms with van der Waals surface area (Å²) in [6, 6.07) is -0.129. The van der Waals surface area contributed by atoms with E-state index in [1.54, 1.807) is 0 Å². The van der Waals surface area contributed by atoms with E-state index in [2.05, 4.69) is 17.6 Å². The van der Waals surface area contributed by atoms with Crippen LogP contribution in [-0.2, 0) is 9.53 Å². The van der Waals surface area contributed by atoms with Gasteiger partial charge in [-0.25, -0.2) is 0 Å². The van der Waals surface area contributed by atoms with E-state index in [1.807, 2.05) is 6.92 Å². The number of hydrogen-bond acceptors (Lipinski definition) is 3. The second-order valence-electron chi connectivity index (χ2n) is 6.09. The molecule has 1 amide bonds. The van der Waals surface area contributed by atoms with Crippen LogP contribution < -0.4 is 10.6 Å². The van der Waals surface area contributed by atoms with Crippen LogP contribution in [0.25, 0.3) is 0 Å². The highest BCUT2D eigenvalue weighted by molar-refractivity contribution is 5.81. The predicted molar refractivity (Wildman–Crippen MR) is 76.1 cm³/mol. The van der Waals surface area contributed by atoms with Gasteiger partial charge in [0.1, 0.15) is 0 Å².